The third kappa shape index (κ3) is 2.52. The Morgan fingerprint density at radius 3 is 2.80 bits per heavy atom. The second-order valence-corrected chi connectivity index (χ2v) is 4.39. The van der Waals surface area contributed by atoms with Crippen LogP contribution < -0.4 is 5.73 Å². The zero-order valence-electron chi connectivity index (χ0n) is 10.5. The van der Waals surface area contributed by atoms with E-state index in [4.69, 9.17) is 10.3 Å². The van der Waals surface area contributed by atoms with E-state index in [9.17, 15) is 5.11 Å². The lowest BCUT2D eigenvalue weighted by Crippen LogP contribution is -2.13. The molecule has 1 atom stereocenters. The molecule has 7 nitrogen and oxygen atoms in total. The third-order valence-electron chi connectivity index (χ3n) is 2.88. The molecule has 7 heteroatoms. The molecule has 0 fully saturated rings. The van der Waals surface area contributed by atoms with Crippen LogP contribution in [0, 0.1) is 0 Å². The quantitative estimate of drug-likeness (QED) is 0.661. The second kappa shape index (κ2) is 5.14. The van der Waals surface area contributed by atoms with E-state index in [2.05, 4.69) is 20.1 Å². The minimum absolute atomic E-state index is 0.188. The van der Waals surface area contributed by atoms with Gasteiger partial charge in [0.1, 0.15) is 5.75 Å². The highest BCUT2D eigenvalue weighted by atomic mass is 16.5. The maximum absolute atomic E-state index is 9.25. The highest BCUT2D eigenvalue weighted by molar-refractivity contribution is 5.55. The van der Waals surface area contributed by atoms with Gasteiger partial charge in [-0.2, -0.15) is 4.98 Å². The Bertz CT molecular complexity index is 675. The van der Waals surface area contributed by atoms with Gasteiger partial charge < -0.3 is 20.3 Å². The van der Waals surface area contributed by atoms with Crippen molar-refractivity contribution < 1.29 is 9.63 Å². The van der Waals surface area contributed by atoms with E-state index in [0.717, 1.165) is 11.3 Å². The number of aromatic amines is 1. The van der Waals surface area contributed by atoms with Crippen LogP contribution in [0.4, 0.5) is 0 Å². The van der Waals surface area contributed by atoms with Gasteiger partial charge in [-0.25, -0.2) is 4.98 Å². The molecule has 0 spiro atoms. The zero-order valence-corrected chi connectivity index (χ0v) is 10.5. The molecule has 2 aromatic heterocycles. The lowest BCUT2D eigenvalue weighted by molar-refractivity contribution is 0.354. The van der Waals surface area contributed by atoms with Crippen molar-refractivity contribution in [1.82, 2.24) is 20.1 Å². The largest absolute Gasteiger partial charge is 0.508 e. The molecule has 0 aliphatic carbocycles. The van der Waals surface area contributed by atoms with Crippen LogP contribution in [0.1, 0.15) is 17.6 Å². The predicted molar refractivity (Wildman–Crippen MR) is 70.6 cm³/mol. The standard InChI is InChI=1S/C13H13N5O2/c14-11(5-9-6-15-7-16-9)13-17-12(18-20-13)8-1-3-10(19)4-2-8/h1-4,6-7,11,19H,5,14H2,(H,15,16)/t11-/m0/s1. The van der Waals surface area contributed by atoms with Crippen molar-refractivity contribution in [2.24, 2.45) is 5.73 Å². The molecule has 0 amide bonds. The number of nitrogens with one attached hydrogen (secondary N) is 1. The Morgan fingerprint density at radius 2 is 2.10 bits per heavy atom. The third-order valence-corrected chi connectivity index (χ3v) is 2.88. The molecule has 0 aliphatic rings. The first kappa shape index (κ1) is 12.4. The molecular weight excluding hydrogens is 258 g/mol. The lowest BCUT2D eigenvalue weighted by atomic mass is 10.2. The highest BCUT2D eigenvalue weighted by Gasteiger charge is 2.16. The maximum Gasteiger partial charge on any atom is 0.244 e. The molecule has 0 unspecified atom stereocenters. The Morgan fingerprint density at radius 1 is 1.30 bits per heavy atom. The topological polar surface area (TPSA) is 114 Å². The lowest BCUT2D eigenvalue weighted by Gasteiger charge is -2.03. The van der Waals surface area contributed by atoms with Crippen molar-refractivity contribution in [2.75, 3.05) is 0 Å². The number of nitrogens with zero attached hydrogens (tertiary/aromatic N) is 3. The Kier molecular flexibility index (Phi) is 3.18. The van der Waals surface area contributed by atoms with E-state index in [-0.39, 0.29) is 5.75 Å². The monoisotopic (exact) mass is 271 g/mol. The van der Waals surface area contributed by atoms with Gasteiger partial charge in [-0.15, -0.1) is 0 Å². The van der Waals surface area contributed by atoms with Crippen LogP contribution in [-0.2, 0) is 6.42 Å². The average Bonchev–Trinajstić information content (AvgIpc) is 3.10. The first-order valence-electron chi connectivity index (χ1n) is 6.08. The number of rotatable bonds is 4. The van der Waals surface area contributed by atoms with Crippen LogP contribution in [0.2, 0.25) is 0 Å². The summed E-state index contributed by atoms with van der Waals surface area (Å²) in [6.45, 7) is 0. The summed E-state index contributed by atoms with van der Waals surface area (Å²) < 4.78 is 5.18. The fourth-order valence-electron chi connectivity index (χ4n) is 1.83. The second-order valence-electron chi connectivity index (χ2n) is 4.39. The average molecular weight is 271 g/mol. The molecular formula is C13H13N5O2. The number of phenolic OH excluding ortho intramolecular Hbond substituents is 1. The summed E-state index contributed by atoms with van der Waals surface area (Å²) in [5, 5.41) is 13.1. The van der Waals surface area contributed by atoms with Gasteiger partial charge in [-0.3, -0.25) is 0 Å². The van der Waals surface area contributed by atoms with Gasteiger partial charge in [-0.05, 0) is 24.3 Å². The number of imidazole rings is 1. The van der Waals surface area contributed by atoms with E-state index in [1.807, 2.05) is 0 Å². The summed E-state index contributed by atoms with van der Waals surface area (Å²) in [5.74, 6) is 0.996. The summed E-state index contributed by atoms with van der Waals surface area (Å²) in [5.41, 5.74) is 7.68. The fourth-order valence-corrected chi connectivity index (χ4v) is 1.83. The maximum atomic E-state index is 9.25. The number of hydrogen-bond donors (Lipinski definition) is 3. The SMILES string of the molecule is N[C@@H](Cc1cnc[nH]1)c1nc(-c2ccc(O)cc2)no1. The van der Waals surface area contributed by atoms with Crippen LogP contribution in [0.25, 0.3) is 11.4 Å². The first-order chi connectivity index (χ1) is 9.72. The van der Waals surface area contributed by atoms with E-state index in [1.165, 1.54) is 0 Å². The van der Waals surface area contributed by atoms with Crippen LogP contribution >= 0.6 is 0 Å². The van der Waals surface area contributed by atoms with Gasteiger partial charge in [0.05, 0.1) is 12.4 Å². The van der Waals surface area contributed by atoms with Crippen molar-refractivity contribution in [3.8, 4) is 17.1 Å². The molecule has 0 saturated heterocycles. The molecule has 3 aromatic rings. The van der Waals surface area contributed by atoms with Crippen LogP contribution in [-0.4, -0.2) is 25.2 Å². The van der Waals surface area contributed by atoms with E-state index >= 15 is 0 Å². The van der Waals surface area contributed by atoms with Gasteiger partial charge in [0.25, 0.3) is 0 Å². The van der Waals surface area contributed by atoms with Gasteiger partial charge in [-0.1, -0.05) is 5.16 Å². The number of phenols is 1. The summed E-state index contributed by atoms with van der Waals surface area (Å²) in [6, 6.07) is 6.16. The summed E-state index contributed by atoms with van der Waals surface area (Å²) in [7, 11) is 0. The van der Waals surface area contributed by atoms with E-state index in [1.54, 1.807) is 36.8 Å². The van der Waals surface area contributed by atoms with Gasteiger partial charge >= 0.3 is 0 Å². The predicted octanol–water partition coefficient (Wildman–Crippen LogP) is 1.41. The molecule has 0 aliphatic heterocycles. The van der Waals surface area contributed by atoms with Crippen LogP contribution in [0.5, 0.6) is 5.75 Å². The number of benzene rings is 1. The zero-order chi connectivity index (χ0) is 13.9. The molecule has 1 aromatic carbocycles. The summed E-state index contributed by atoms with van der Waals surface area (Å²) in [6.07, 6.45) is 3.84. The first-order valence-corrected chi connectivity index (χ1v) is 6.08. The molecule has 0 saturated carbocycles. The number of aromatic hydroxyl groups is 1. The van der Waals surface area contributed by atoms with Crippen LogP contribution in [0.3, 0.4) is 0 Å². The Hall–Kier alpha value is -2.67. The number of H-pyrrole nitrogens is 1. The number of aromatic nitrogens is 4. The van der Waals surface area contributed by atoms with Crippen molar-refractivity contribution in [3.05, 3.63) is 48.4 Å². The highest BCUT2D eigenvalue weighted by Crippen LogP contribution is 2.21. The van der Waals surface area contributed by atoms with Crippen molar-refractivity contribution in [1.29, 1.82) is 0 Å². The molecule has 0 bridgehead atoms. The number of nitrogens with two attached hydrogens (primary N) is 1. The smallest absolute Gasteiger partial charge is 0.244 e. The minimum atomic E-state index is -0.395. The van der Waals surface area contributed by atoms with Crippen molar-refractivity contribution in [3.63, 3.8) is 0 Å². The van der Waals surface area contributed by atoms with Gasteiger partial charge in [0, 0.05) is 23.9 Å². The molecule has 4 N–H and O–H groups in total. The molecule has 3 rings (SSSR count). The van der Waals surface area contributed by atoms with Crippen LogP contribution in [0.15, 0.2) is 41.3 Å². The molecule has 2 heterocycles. The Labute approximate surface area is 114 Å². The molecule has 102 valence electrons. The summed E-state index contributed by atoms with van der Waals surface area (Å²) in [4.78, 5) is 11.2. The van der Waals surface area contributed by atoms with E-state index in [0.29, 0.717) is 18.1 Å². The minimum Gasteiger partial charge on any atom is -0.508 e. The normalized spacial score (nSPS) is 12.4. The molecule has 20 heavy (non-hydrogen) atoms. The summed E-state index contributed by atoms with van der Waals surface area (Å²) >= 11 is 0. The van der Waals surface area contributed by atoms with E-state index < -0.39 is 6.04 Å². The van der Waals surface area contributed by atoms with Gasteiger partial charge in [0.2, 0.25) is 11.7 Å². The van der Waals surface area contributed by atoms with Gasteiger partial charge in [0.15, 0.2) is 0 Å². The number of hydrogen-bond acceptors (Lipinski definition) is 6. The Balaban J connectivity index is 1.77. The fraction of sp³-hybridized carbons (Fsp3) is 0.154. The van der Waals surface area contributed by atoms with Crippen molar-refractivity contribution in [2.45, 2.75) is 12.5 Å². The molecule has 0 radical (unpaired) electrons. The van der Waals surface area contributed by atoms with Crippen molar-refractivity contribution >= 4 is 0 Å².